The summed E-state index contributed by atoms with van der Waals surface area (Å²) in [5.74, 6) is 1.51. The minimum atomic E-state index is -0.112. The zero-order chi connectivity index (χ0) is 39.5. The van der Waals surface area contributed by atoms with Crippen LogP contribution in [0.4, 0.5) is 34.1 Å². The molecule has 10 aromatic rings. The topological polar surface area (TPSA) is 50.3 Å². The summed E-state index contributed by atoms with van der Waals surface area (Å²) in [5, 5.41) is 2.38. The Bertz CT molecular complexity index is 3330. The molecule has 0 saturated heterocycles. The molecule has 0 radical (unpaired) electrons. The van der Waals surface area contributed by atoms with E-state index in [4.69, 9.17) is 14.4 Å². The summed E-state index contributed by atoms with van der Waals surface area (Å²) in [6, 6.07) is 55.0. The molecule has 0 bridgehead atoms. The summed E-state index contributed by atoms with van der Waals surface area (Å²) in [6.07, 6.45) is 1.88. The molecule has 7 heteroatoms. The molecule has 0 fully saturated rings. The maximum atomic E-state index is 6.44. The molecule has 2 aliphatic heterocycles. The van der Waals surface area contributed by atoms with Crippen molar-refractivity contribution in [2.45, 2.75) is 27.7 Å². The lowest BCUT2D eigenvalue weighted by Gasteiger charge is -2.44. The molecule has 59 heavy (non-hydrogen) atoms. The fraction of sp³-hybridized carbons (Fsp3) is 0.0769. The first kappa shape index (κ1) is 33.7. The highest BCUT2D eigenvalue weighted by Crippen LogP contribution is 2.47. The second kappa shape index (κ2) is 12.6. The summed E-state index contributed by atoms with van der Waals surface area (Å²) >= 11 is 0. The first-order valence-corrected chi connectivity index (χ1v) is 20.3. The molecule has 0 spiro atoms. The largest absolute Gasteiger partial charge is 0.436 e. The average molecular weight is 760 g/mol. The SMILES string of the molecule is Cc1ccc(N2c3ccc(-c4nc5ccccc5o4)cc3B3c4cc5c(cc4N(c4ccc(C)cc4C)c4cccc2c43)c2ccccc2n5-c2ccccn2)c(C)c1. The van der Waals surface area contributed by atoms with Crippen LogP contribution in [0, 0.1) is 27.7 Å². The van der Waals surface area contributed by atoms with Crippen LogP contribution in [0.25, 0.3) is 50.2 Å². The highest BCUT2D eigenvalue weighted by Gasteiger charge is 2.44. The van der Waals surface area contributed by atoms with Crippen molar-refractivity contribution in [1.82, 2.24) is 14.5 Å². The lowest BCUT2D eigenvalue weighted by Crippen LogP contribution is -2.61. The molecular weight excluding hydrogens is 721 g/mol. The second-order valence-electron chi connectivity index (χ2n) is 16.1. The van der Waals surface area contributed by atoms with Crippen LogP contribution in [-0.4, -0.2) is 21.2 Å². The van der Waals surface area contributed by atoms with Crippen LogP contribution in [0.2, 0.25) is 0 Å². The third-order valence-corrected chi connectivity index (χ3v) is 12.4. The van der Waals surface area contributed by atoms with Crippen LogP contribution in [0.1, 0.15) is 22.3 Å². The van der Waals surface area contributed by atoms with E-state index in [0.717, 1.165) is 44.9 Å². The van der Waals surface area contributed by atoms with E-state index in [2.05, 4.69) is 163 Å². The number of hydrogen-bond donors (Lipinski definition) is 0. The van der Waals surface area contributed by atoms with E-state index in [1.807, 2.05) is 36.5 Å². The van der Waals surface area contributed by atoms with Gasteiger partial charge in [-0.2, -0.15) is 0 Å². The predicted molar refractivity (Wildman–Crippen MR) is 245 cm³/mol. The van der Waals surface area contributed by atoms with Crippen LogP contribution in [0.3, 0.4) is 0 Å². The normalized spacial score (nSPS) is 13.0. The van der Waals surface area contributed by atoms with E-state index in [9.17, 15) is 0 Å². The molecule has 0 atom stereocenters. The monoisotopic (exact) mass is 759 g/mol. The first-order chi connectivity index (χ1) is 28.9. The van der Waals surface area contributed by atoms with Crippen molar-refractivity contribution in [3.8, 4) is 17.3 Å². The third-order valence-electron chi connectivity index (χ3n) is 12.4. The number of rotatable bonds is 4. The number of fused-ring (bicyclic) bond motifs is 8. The van der Waals surface area contributed by atoms with Crippen LogP contribution in [0.5, 0.6) is 0 Å². The Hall–Kier alpha value is -7.38. The van der Waals surface area contributed by atoms with E-state index < -0.39 is 0 Å². The van der Waals surface area contributed by atoms with Gasteiger partial charge in [0.1, 0.15) is 11.3 Å². The van der Waals surface area contributed by atoms with Crippen LogP contribution >= 0.6 is 0 Å². The van der Waals surface area contributed by atoms with Crippen molar-refractivity contribution in [3.05, 3.63) is 180 Å². The summed E-state index contributed by atoms with van der Waals surface area (Å²) in [4.78, 5) is 14.9. The van der Waals surface area contributed by atoms with Crippen molar-refractivity contribution in [2.75, 3.05) is 9.80 Å². The Morgan fingerprint density at radius 1 is 0.508 bits per heavy atom. The number of nitrogens with zero attached hydrogens (tertiary/aromatic N) is 5. The Balaban J connectivity index is 1.22. The lowest BCUT2D eigenvalue weighted by molar-refractivity contribution is 0.620. The van der Waals surface area contributed by atoms with E-state index in [-0.39, 0.29) is 6.71 Å². The quantitative estimate of drug-likeness (QED) is 0.167. The number of oxazole rings is 1. The van der Waals surface area contributed by atoms with Crippen molar-refractivity contribution < 1.29 is 4.42 Å². The third kappa shape index (κ3) is 4.94. The van der Waals surface area contributed by atoms with Crippen LogP contribution in [-0.2, 0) is 0 Å². The van der Waals surface area contributed by atoms with Crippen LogP contribution < -0.4 is 26.2 Å². The van der Waals surface area contributed by atoms with Gasteiger partial charge >= 0.3 is 0 Å². The number of benzene rings is 7. The Kier molecular flexibility index (Phi) is 7.18. The van der Waals surface area contributed by atoms with Crippen molar-refractivity contribution in [1.29, 1.82) is 0 Å². The molecule has 2 aliphatic rings. The lowest BCUT2D eigenvalue weighted by atomic mass is 9.33. The maximum Gasteiger partial charge on any atom is 0.252 e. The minimum absolute atomic E-state index is 0.112. The van der Waals surface area contributed by atoms with Gasteiger partial charge in [-0.15, -0.1) is 0 Å². The van der Waals surface area contributed by atoms with Gasteiger partial charge in [-0.05, 0) is 134 Å². The van der Waals surface area contributed by atoms with Gasteiger partial charge < -0.3 is 14.2 Å². The zero-order valence-electron chi connectivity index (χ0n) is 33.2. The number of hydrogen-bond acceptors (Lipinski definition) is 5. The van der Waals surface area contributed by atoms with Crippen molar-refractivity contribution in [2.24, 2.45) is 0 Å². The molecular formula is C52H38BN5O. The second-order valence-corrected chi connectivity index (χ2v) is 16.1. The average Bonchev–Trinajstić information content (AvgIpc) is 3.83. The Labute approximate surface area is 342 Å². The highest BCUT2D eigenvalue weighted by atomic mass is 16.3. The summed E-state index contributed by atoms with van der Waals surface area (Å²) < 4.78 is 8.77. The number of aromatic nitrogens is 3. The van der Waals surface area contributed by atoms with Crippen molar-refractivity contribution in [3.63, 3.8) is 0 Å². The number of aryl methyl sites for hydroxylation is 4. The fourth-order valence-electron chi connectivity index (χ4n) is 9.89. The Morgan fingerprint density at radius 2 is 1.19 bits per heavy atom. The summed E-state index contributed by atoms with van der Waals surface area (Å²) in [7, 11) is 0. The molecule has 0 saturated carbocycles. The summed E-state index contributed by atoms with van der Waals surface area (Å²) in [5.41, 5.74) is 20.4. The van der Waals surface area contributed by atoms with Gasteiger partial charge in [-0.3, -0.25) is 4.57 Å². The molecule has 3 aromatic heterocycles. The number of anilines is 6. The molecule has 6 nitrogen and oxygen atoms in total. The summed E-state index contributed by atoms with van der Waals surface area (Å²) in [6.45, 7) is 8.68. The van der Waals surface area contributed by atoms with Gasteiger partial charge in [0.2, 0.25) is 5.89 Å². The molecule has 0 unspecified atom stereocenters. The van der Waals surface area contributed by atoms with E-state index in [1.165, 1.54) is 72.2 Å². The number of pyridine rings is 1. The molecule has 0 amide bonds. The maximum absolute atomic E-state index is 6.44. The van der Waals surface area contributed by atoms with Crippen LogP contribution in [0.15, 0.2) is 162 Å². The van der Waals surface area contributed by atoms with Gasteiger partial charge in [-0.25, -0.2) is 9.97 Å². The van der Waals surface area contributed by atoms with Gasteiger partial charge in [-0.1, -0.05) is 83.9 Å². The molecule has 0 N–H and O–H groups in total. The number of para-hydroxylation sites is 3. The van der Waals surface area contributed by atoms with E-state index in [1.54, 1.807) is 0 Å². The predicted octanol–water partition coefficient (Wildman–Crippen LogP) is 11.3. The fourth-order valence-corrected chi connectivity index (χ4v) is 9.89. The van der Waals surface area contributed by atoms with Crippen molar-refractivity contribution >= 4 is 90.1 Å². The minimum Gasteiger partial charge on any atom is -0.436 e. The van der Waals surface area contributed by atoms with E-state index >= 15 is 0 Å². The van der Waals surface area contributed by atoms with E-state index in [0.29, 0.717) is 5.89 Å². The standard InChI is InChI=1S/C52H38BN5O/c1-31-19-22-41(33(3)26-31)56-44-24-21-35(52-55-40-13-6-8-17-49(40)59-52)28-38(44)53-39-30-47-37(36-12-5-7-14-43(36)58(47)50-18-9-10-25-54-50)29-48(39)57(42-23-20-32(2)27-34(42)4)46-16-11-15-45(56)51(46)53/h5-30H,1-4H3. The van der Waals surface area contributed by atoms with Gasteiger partial charge in [0, 0.05) is 56.7 Å². The highest BCUT2D eigenvalue weighted by molar-refractivity contribution is 7.00. The smallest absolute Gasteiger partial charge is 0.252 e. The van der Waals surface area contributed by atoms with Gasteiger partial charge in [0.25, 0.3) is 6.71 Å². The Morgan fingerprint density at radius 3 is 1.92 bits per heavy atom. The van der Waals surface area contributed by atoms with Gasteiger partial charge in [0.05, 0.1) is 11.0 Å². The molecule has 0 aliphatic carbocycles. The van der Waals surface area contributed by atoms with Gasteiger partial charge in [0.15, 0.2) is 5.58 Å². The zero-order valence-corrected chi connectivity index (χ0v) is 33.2. The molecule has 7 aromatic carbocycles. The molecule has 5 heterocycles. The first-order valence-electron chi connectivity index (χ1n) is 20.3. The molecule has 280 valence electrons. The molecule has 12 rings (SSSR count).